The summed E-state index contributed by atoms with van der Waals surface area (Å²) in [5, 5.41) is 13.9. The summed E-state index contributed by atoms with van der Waals surface area (Å²) in [6, 6.07) is 11.8. The lowest BCUT2D eigenvalue weighted by atomic mass is 9.61. The van der Waals surface area contributed by atoms with Gasteiger partial charge in [0.25, 0.3) is 0 Å². The minimum Gasteiger partial charge on any atom is -0.481 e. The van der Waals surface area contributed by atoms with Gasteiger partial charge in [-0.25, -0.2) is 18.7 Å². The number of nitrogens with one attached hydrogen (secondary N) is 2. The van der Waals surface area contributed by atoms with Gasteiger partial charge in [-0.3, -0.25) is 4.79 Å². The molecule has 4 fully saturated rings. The second-order valence-corrected chi connectivity index (χ2v) is 11.3. The number of anilines is 2. The smallest absolute Gasteiger partial charge is 0.308 e. The van der Waals surface area contributed by atoms with Crippen LogP contribution < -0.4 is 10.2 Å². The van der Waals surface area contributed by atoms with Gasteiger partial charge in [0.1, 0.15) is 17.5 Å². The quantitative estimate of drug-likeness (QED) is 0.278. The molecule has 2 aromatic heterocycles. The second kappa shape index (κ2) is 10.4. The molecule has 3 aliphatic carbocycles. The van der Waals surface area contributed by atoms with Crippen LogP contribution in [0.2, 0.25) is 0 Å². The molecule has 4 aromatic rings. The van der Waals surface area contributed by atoms with Gasteiger partial charge in [0.15, 0.2) is 5.82 Å². The summed E-state index contributed by atoms with van der Waals surface area (Å²) in [6.07, 6.45) is 5.42. The Morgan fingerprint density at radius 3 is 2.46 bits per heavy atom. The Morgan fingerprint density at radius 2 is 1.73 bits per heavy atom. The number of aliphatic carboxylic acids is 1. The van der Waals surface area contributed by atoms with E-state index in [1.165, 1.54) is 6.07 Å². The number of ether oxygens (including phenoxy) is 1. The molecule has 1 unspecified atom stereocenters. The Morgan fingerprint density at radius 1 is 1.00 bits per heavy atom. The molecule has 8 rings (SSSR count). The number of nitrogens with zero attached hydrogens (tertiary/aromatic N) is 3. The number of fused-ring (bicyclic) bond motifs is 4. The van der Waals surface area contributed by atoms with E-state index in [1.807, 2.05) is 30.3 Å². The highest BCUT2D eigenvalue weighted by molar-refractivity contribution is 5.94. The molecule has 8 nitrogen and oxygen atoms in total. The van der Waals surface area contributed by atoms with Gasteiger partial charge in [-0.1, -0.05) is 12.1 Å². The van der Waals surface area contributed by atoms with Crippen molar-refractivity contribution >= 4 is 28.4 Å². The summed E-state index contributed by atoms with van der Waals surface area (Å²) in [4.78, 5) is 27.1. The molecule has 3 heterocycles. The van der Waals surface area contributed by atoms with Crippen molar-refractivity contribution in [2.75, 3.05) is 36.5 Å². The Kier molecular flexibility index (Phi) is 6.57. The summed E-state index contributed by atoms with van der Waals surface area (Å²) in [7, 11) is 0. The molecule has 1 saturated heterocycles. The number of morpholine rings is 1. The van der Waals surface area contributed by atoms with E-state index in [-0.39, 0.29) is 23.4 Å². The lowest BCUT2D eigenvalue weighted by molar-refractivity contribution is -0.148. The van der Waals surface area contributed by atoms with Crippen LogP contribution in [0.5, 0.6) is 0 Å². The standard InChI is InChI=1S/C31H31F2N5O3/c32-20-13-22-23(16-34-29(22)24(33)14-20)30-35-25(17-5-7-21(8-6-17)38-9-11-41-12-10-38)15-26(37-30)36-28-19-3-1-18(2-4-19)27(28)31(39)40/h5-8,13-16,18-19,27-28,34H,1-4,9-12H2,(H,39,40)(H,35,36,37)/t18?,19?,27-,28?/m1/s1. The third kappa shape index (κ3) is 4.80. The third-order valence-corrected chi connectivity index (χ3v) is 9.03. The molecule has 0 spiro atoms. The zero-order valence-corrected chi connectivity index (χ0v) is 22.4. The van der Waals surface area contributed by atoms with E-state index in [9.17, 15) is 18.7 Å². The molecule has 3 N–H and O–H groups in total. The van der Waals surface area contributed by atoms with Crippen molar-refractivity contribution in [3.8, 4) is 22.6 Å². The fraction of sp³-hybridized carbons (Fsp3) is 0.387. The minimum absolute atomic E-state index is 0.142. The van der Waals surface area contributed by atoms with E-state index < -0.39 is 23.5 Å². The van der Waals surface area contributed by atoms with Crippen LogP contribution in [-0.2, 0) is 9.53 Å². The van der Waals surface area contributed by atoms with E-state index >= 15 is 0 Å². The first-order valence-corrected chi connectivity index (χ1v) is 14.2. The largest absolute Gasteiger partial charge is 0.481 e. The number of aromatic nitrogens is 3. The highest BCUT2D eigenvalue weighted by atomic mass is 19.1. The number of carboxylic acids is 1. The fourth-order valence-electron chi connectivity index (χ4n) is 6.98. The normalized spacial score (nSPS) is 24.1. The number of carboxylic acid groups (broad SMARTS) is 1. The monoisotopic (exact) mass is 559 g/mol. The van der Waals surface area contributed by atoms with Crippen molar-refractivity contribution in [3.05, 3.63) is 60.3 Å². The van der Waals surface area contributed by atoms with Crippen LogP contribution in [0.1, 0.15) is 25.7 Å². The van der Waals surface area contributed by atoms with Crippen molar-refractivity contribution in [3.63, 3.8) is 0 Å². The first-order valence-electron chi connectivity index (χ1n) is 14.2. The maximum Gasteiger partial charge on any atom is 0.308 e. The number of H-pyrrole nitrogens is 1. The van der Waals surface area contributed by atoms with Crippen molar-refractivity contribution in [2.45, 2.75) is 31.7 Å². The van der Waals surface area contributed by atoms with Crippen molar-refractivity contribution < 1.29 is 23.4 Å². The third-order valence-electron chi connectivity index (χ3n) is 9.03. The van der Waals surface area contributed by atoms with E-state index in [4.69, 9.17) is 14.7 Å². The molecule has 212 valence electrons. The van der Waals surface area contributed by atoms with E-state index in [2.05, 4.69) is 15.2 Å². The van der Waals surface area contributed by atoms with Gasteiger partial charge >= 0.3 is 5.97 Å². The van der Waals surface area contributed by atoms with E-state index in [0.29, 0.717) is 41.5 Å². The van der Waals surface area contributed by atoms with Crippen LogP contribution in [0.15, 0.2) is 48.7 Å². The van der Waals surface area contributed by atoms with Gasteiger partial charge in [0.2, 0.25) is 0 Å². The average molecular weight is 560 g/mol. The van der Waals surface area contributed by atoms with Crippen LogP contribution in [0.4, 0.5) is 20.3 Å². The molecule has 10 heteroatoms. The zero-order valence-electron chi connectivity index (χ0n) is 22.4. The zero-order chi connectivity index (χ0) is 28.1. The first-order chi connectivity index (χ1) is 19.9. The molecule has 2 bridgehead atoms. The highest BCUT2D eigenvalue weighted by Crippen LogP contribution is 2.46. The summed E-state index contributed by atoms with van der Waals surface area (Å²) < 4.78 is 34.2. The number of hydrogen-bond donors (Lipinski definition) is 3. The summed E-state index contributed by atoms with van der Waals surface area (Å²) in [5.74, 6) is -1.48. The number of rotatable bonds is 6. The molecule has 0 radical (unpaired) electrons. The van der Waals surface area contributed by atoms with E-state index in [1.54, 1.807) is 6.20 Å². The maximum atomic E-state index is 14.5. The van der Waals surface area contributed by atoms with Crippen molar-refractivity contribution in [1.82, 2.24) is 15.0 Å². The molecule has 2 atom stereocenters. The predicted molar refractivity (Wildman–Crippen MR) is 152 cm³/mol. The lowest BCUT2D eigenvalue weighted by Crippen LogP contribution is -2.51. The number of halogens is 2. The molecule has 2 aromatic carbocycles. The molecule has 41 heavy (non-hydrogen) atoms. The molecular weight excluding hydrogens is 528 g/mol. The predicted octanol–water partition coefficient (Wildman–Crippen LogP) is 5.71. The number of hydrogen-bond acceptors (Lipinski definition) is 6. The number of benzene rings is 2. The van der Waals surface area contributed by atoms with Crippen LogP contribution in [0.25, 0.3) is 33.5 Å². The summed E-state index contributed by atoms with van der Waals surface area (Å²) in [5.41, 5.74) is 3.22. The SMILES string of the molecule is O=C(O)[C@@H]1C2CCC(CC2)C1Nc1cc(-c2ccc(N3CCOCC3)cc2)nc(-c2c[nH]c3c(F)cc(F)cc23)n1. The van der Waals surface area contributed by atoms with Crippen LogP contribution >= 0.6 is 0 Å². The van der Waals surface area contributed by atoms with E-state index in [0.717, 1.165) is 56.1 Å². The van der Waals surface area contributed by atoms with Gasteiger partial charge < -0.3 is 25.0 Å². The first kappa shape index (κ1) is 25.9. The Bertz CT molecular complexity index is 1590. The van der Waals surface area contributed by atoms with Crippen LogP contribution in [-0.4, -0.2) is 58.4 Å². The molecular formula is C31H31F2N5O3. The Hall–Kier alpha value is -4.05. The minimum atomic E-state index is -0.785. The lowest BCUT2D eigenvalue weighted by Gasteiger charge is -2.47. The highest BCUT2D eigenvalue weighted by Gasteiger charge is 2.47. The van der Waals surface area contributed by atoms with Gasteiger partial charge in [-0.2, -0.15) is 0 Å². The Labute approximate surface area is 235 Å². The number of aromatic amines is 1. The van der Waals surface area contributed by atoms with Crippen molar-refractivity contribution in [2.24, 2.45) is 17.8 Å². The Balaban J connectivity index is 1.30. The van der Waals surface area contributed by atoms with Gasteiger partial charge in [-0.15, -0.1) is 0 Å². The average Bonchev–Trinajstić information content (AvgIpc) is 3.42. The topological polar surface area (TPSA) is 103 Å². The van der Waals surface area contributed by atoms with Gasteiger partial charge in [0.05, 0.1) is 30.3 Å². The van der Waals surface area contributed by atoms with Crippen LogP contribution in [0, 0.1) is 29.4 Å². The molecule has 0 amide bonds. The molecule has 1 aliphatic heterocycles. The van der Waals surface area contributed by atoms with Crippen molar-refractivity contribution in [1.29, 1.82) is 0 Å². The maximum absolute atomic E-state index is 14.5. The van der Waals surface area contributed by atoms with Crippen LogP contribution in [0.3, 0.4) is 0 Å². The number of carbonyl (C=O) groups is 1. The summed E-state index contributed by atoms with van der Waals surface area (Å²) >= 11 is 0. The second-order valence-electron chi connectivity index (χ2n) is 11.3. The fourth-order valence-corrected chi connectivity index (χ4v) is 6.98. The summed E-state index contributed by atoms with van der Waals surface area (Å²) in [6.45, 7) is 3.04. The van der Waals surface area contributed by atoms with Gasteiger partial charge in [-0.05, 0) is 55.7 Å². The van der Waals surface area contributed by atoms with Gasteiger partial charge in [0, 0.05) is 59.7 Å². The molecule has 4 aliphatic rings. The molecule has 3 saturated carbocycles.